The molecule has 3 rings (SSSR count). The zero-order valence-corrected chi connectivity index (χ0v) is 14.8. The van der Waals surface area contributed by atoms with Gasteiger partial charge in [0.15, 0.2) is 5.76 Å². The Labute approximate surface area is 155 Å². The lowest BCUT2D eigenvalue weighted by molar-refractivity contribution is 0.0607. The number of carbonyl (C=O) groups is 2. The molecular weight excluding hydrogens is 361 g/mol. The molecule has 2 amide bonds. The molecule has 138 valence electrons. The van der Waals surface area contributed by atoms with Crippen molar-refractivity contribution in [1.82, 2.24) is 15.1 Å². The molecule has 1 aromatic carbocycles. The Morgan fingerprint density at radius 2 is 1.92 bits per heavy atom. The summed E-state index contributed by atoms with van der Waals surface area (Å²) in [4.78, 5) is 28.2. The molecular formula is C18H19ClFN3O3. The zero-order chi connectivity index (χ0) is 18.5. The van der Waals surface area contributed by atoms with Gasteiger partial charge in [-0.25, -0.2) is 4.39 Å². The molecule has 26 heavy (non-hydrogen) atoms. The summed E-state index contributed by atoms with van der Waals surface area (Å²) in [5, 5.41) is 2.77. The summed E-state index contributed by atoms with van der Waals surface area (Å²) in [7, 11) is 0. The Kier molecular flexibility index (Phi) is 5.90. The molecule has 2 heterocycles. The Balaban J connectivity index is 1.43. The van der Waals surface area contributed by atoms with E-state index in [1.807, 2.05) is 0 Å². The van der Waals surface area contributed by atoms with Gasteiger partial charge in [-0.15, -0.1) is 0 Å². The number of carbonyl (C=O) groups excluding carboxylic acids is 2. The maximum Gasteiger partial charge on any atom is 0.289 e. The fourth-order valence-corrected chi connectivity index (χ4v) is 3.11. The quantitative estimate of drug-likeness (QED) is 0.865. The van der Waals surface area contributed by atoms with Crippen molar-refractivity contribution in [3.63, 3.8) is 0 Å². The first-order chi connectivity index (χ1) is 12.6. The van der Waals surface area contributed by atoms with Gasteiger partial charge in [0.25, 0.3) is 11.8 Å². The van der Waals surface area contributed by atoms with Gasteiger partial charge in [-0.2, -0.15) is 0 Å². The maximum atomic E-state index is 13.7. The molecule has 1 fully saturated rings. The van der Waals surface area contributed by atoms with Crippen molar-refractivity contribution in [3.8, 4) is 0 Å². The highest BCUT2D eigenvalue weighted by atomic mass is 35.5. The van der Waals surface area contributed by atoms with E-state index in [0.717, 1.165) is 0 Å². The fourth-order valence-electron chi connectivity index (χ4n) is 2.86. The summed E-state index contributed by atoms with van der Waals surface area (Å²) in [6.07, 6.45) is 1.48. The van der Waals surface area contributed by atoms with Gasteiger partial charge >= 0.3 is 0 Å². The van der Waals surface area contributed by atoms with E-state index < -0.39 is 11.7 Å². The molecule has 1 saturated heterocycles. The highest BCUT2D eigenvalue weighted by Gasteiger charge is 2.23. The van der Waals surface area contributed by atoms with Gasteiger partial charge in [-0.05, 0) is 24.3 Å². The van der Waals surface area contributed by atoms with Crippen LogP contribution in [0.2, 0.25) is 5.02 Å². The molecule has 0 unspecified atom stereocenters. The van der Waals surface area contributed by atoms with E-state index in [1.54, 1.807) is 17.0 Å². The first-order valence-electron chi connectivity index (χ1n) is 8.33. The van der Waals surface area contributed by atoms with Crippen LogP contribution in [0.1, 0.15) is 20.9 Å². The average Bonchev–Trinajstić information content (AvgIpc) is 3.16. The SMILES string of the molecule is O=C(NCCN1CCN(C(=O)c2ccco2)CC1)c1c(F)cccc1Cl. The van der Waals surface area contributed by atoms with Crippen LogP contribution in [-0.2, 0) is 0 Å². The average molecular weight is 380 g/mol. The van der Waals surface area contributed by atoms with Crippen LogP contribution in [0.4, 0.5) is 4.39 Å². The molecule has 6 nitrogen and oxygen atoms in total. The van der Waals surface area contributed by atoms with Gasteiger partial charge in [-0.1, -0.05) is 17.7 Å². The van der Waals surface area contributed by atoms with E-state index in [1.165, 1.54) is 24.5 Å². The van der Waals surface area contributed by atoms with E-state index >= 15 is 0 Å². The molecule has 1 N–H and O–H groups in total. The topological polar surface area (TPSA) is 65.8 Å². The number of halogens is 2. The number of furan rings is 1. The summed E-state index contributed by atoms with van der Waals surface area (Å²) in [6.45, 7) is 3.56. The molecule has 0 radical (unpaired) electrons. The monoisotopic (exact) mass is 379 g/mol. The molecule has 8 heteroatoms. The minimum atomic E-state index is -0.639. The Morgan fingerprint density at radius 3 is 2.58 bits per heavy atom. The molecule has 0 aliphatic carbocycles. The molecule has 1 aliphatic rings. The smallest absolute Gasteiger partial charge is 0.289 e. The van der Waals surface area contributed by atoms with Crippen LogP contribution in [0.3, 0.4) is 0 Å². The summed E-state index contributed by atoms with van der Waals surface area (Å²) in [5.41, 5.74) is -0.136. The number of benzene rings is 1. The molecule has 0 saturated carbocycles. The summed E-state index contributed by atoms with van der Waals surface area (Å²) >= 11 is 5.88. The summed E-state index contributed by atoms with van der Waals surface area (Å²) < 4.78 is 18.9. The van der Waals surface area contributed by atoms with Crippen LogP contribution in [0.5, 0.6) is 0 Å². The van der Waals surface area contributed by atoms with E-state index in [-0.39, 0.29) is 16.5 Å². The number of nitrogens with one attached hydrogen (secondary N) is 1. The first-order valence-corrected chi connectivity index (χ1v) is 8.71. The molecule has 2 aromatic rings. The van der Waals surface area contributed by atoms with Gasteiger partial charge in [-0.3, -0.25) is 14.5 Å². The van der Waals surface area contributed by atoms with Crippen molar-refractivity contribution in [2.24, 2.45) is 0 Å². The third kappa shape index (κ3) is 4.23. The Hall–Kier alpha value is -2.38. The second-order valence-electron chi connectivity index (χ2n) is 5.96. The van der Waals surface area contributed by atoms with Crippen molar-refractivity contribution < 1.29 is 18.4 Å². The van der Waals surface area contributed by atoms with Crippen molar-refractivity contribution in [1.29, 1.82) is 0 Å². The Bertz CT molecular complexity index is 754. The molecule has 0 atom stereocenters. The van der Waals surface area contributed by atoms with Crippen LogP contribution in [0.25, 0.3) is 0 Å². The van der Waals surface area contributed by atoms with Crippen molar-refractivity contribution in [2.75, 3.05) is 39.3 Å². The fraction of sp³-hybridized carbons (Fsp3) is 0.333. The predicted molar refractivity (Wildman–Crippen MR) is 94.8 cm³/mol. The van der Waals surface area contributed by atoms with Gasteiger partial charge in [0, 0.05) is 39.3 Å². The van der Waals surface area contributed by atoms with Crippen LogP contribution in [-0.4, -0.2) is 60.9 Å². The third-order valence-electron chi connectivity index (χ3n) is 4.29. The first kappa shape index (κ1) is 18.4. The highest BCUT2D eigenvalue weighted by Crippen LogP contribution is 2.18. The van der Waals surface area contributed by atoms with Gasteiger partial charge in [0.2, 0.25) is 0 Å². The van der Waals surface area contributed by atoms with Crippen molar-refractivity contribution in [2.45, 2.75) is 0 Å². The predicted octanol–water partition coefficient (Wildman–Crippen LogP) is 2.26. The number of amides is 2. The van der Waals surface area contributed by atoms with Crippen LogP contribution in [0, 0.1) is 5.82 Å². The number of rotatable bonds is 5. The van der Waals surface area contributed by atoms with E-state index in [0.29, 0.717) is 45.0 Å². The largest absolute Gasteiger partial charge is 0.459 e. The molecule has 1 aliphatic heterocycles. The number of hydrogen-bond acceptors (Lipinski definition) is 4. The highest BCUT2D eigenvalue weighted by molar-refractivity contribution is 6.33. The number of piperazine rings is 1. The molecule has 0 bridgehead atoms. The molecule has 0 spiro atoms. The van der Waals surface area contributed by atoms with E-state index in [9.17, 15) is 14.0 Å². The lowest BCUT2D eigenvalue weighted by atomic mass is 10.2. The van der Waals surface area contributed by atoms with Gasteiger partial charge < -0.3 is 14.6 Å². The lowest BCUT2D eigenvalue weighted by Crippen LogP contribution is -2.50. The second kappa shape index (κ2) is 8.33. The summed E-state index contributed by atoms with van der Waals surface area (Å²) in [5.74, 6) is -0.940. The Morgan fingerprint density at radius 1 is 1.15 bits per heavy atom. The van der Waals surface area contributed by atoms with Crippen LogP contribution in [0.15, 0.2) is 41.0 Å². The van der Waals surface area contributed by atoms with Crippen molar-refractivity contribution in [3.05, 3.63) is 58.8 Å². The zero-order valence-electron chi connectivity index (χ0n) is 14.1. The van der Waals surface area contributed by atoms with Crippen LogP contribution < -0.4 is 5.32 Å². The van der Waals surface area contributed by atoms with Crippen molar-refractivity contribution >= 4 is 23.4 Å². The maximum absolute atomic E-state index is 13.7. The second-order valence-corrected chi connectivity index (χ2v) is 6.37. The van der Waals surface area contributed by atoms with E-state index in [4.69, 9.17) is 16.0 Å². The normalized spacial score (nSPS) is 15.1. The van der Waals surface area contributed by atoms with E-state index in [2.05, 4.69) is 10.2 Å². The summed E-state index contributed by atoms with van der Waals surface area (Å²) in [6, 6.07) is 7.48. The number of hydrogen-bond donors (Lipinski definition) is 1. The minimum absolute atomic E-state index is 0.0903. The third-order valence-corrected chi connectivity index (χ3v) is 4.61. The van der Waals surface area contributed by atoms with Crippen LogP contribution >= 0.6 is 11.6 Å². The minimum Gasteiger partial charge on any atom is -0.459 e. The van der Waals surface area contributed by atoms with Gasteiger partial charge in [0.05, 0.1) is 16.8 Å². The standard InChI is InChI=1S/C18H19ClFN3O3/c19-13-3-1-4-14(20)16(13)17(24)21-6-7-22-8-10-23(11-9-22)18(25)15-5-2-12-26-15/h1-5,12H,6-11H2,(H,21,24). The lowest BCUT2D eigenvalue weighted by Gasteiger charge is -2.34. The number of nitrogens with zero attached hydrogens (tertiary/aromatic N) is 2. The molecule has 1 aromatic heterocycles. The van der Waals surface area contributed by atoms with Gasteiger partial charge in [0.1, 0.15) is 5.82 Å².